The molecule has 0 aliphatic heterocycles. The summed E-state index contributed by atoms with van der Waals surface area (Å²) in [6, 6.07) is 2.08. The van der Waals surface area contributed by atoms with E-state index in [4.69, 9.17) is 10.2 Å². The Kier molecular flexibility index (Phi) is 1.95. The Morgan fingerprint density at radius 2 is 2.38 bits per heavy atom. The standard InChI is InChI=1S/C11H17NO/c1-11(2)5-3-10-8(4-6-13-10)9(11)7-12/h4,6,9H,3,5,7,12H2,1-2H3. The van der Waals surface area contributed by atoms with Crippen LogP contribution in [0.25, 0.3) is 0 Å². The molecule has 2 N–H and O–H groups in total. The molecular weight excluding hydrogens is 162 g/mol. The van der Waals surface area contributed by atoms with Crippen molar-refractivity contribution in [2.24, 2.45) is 11.1 Å². The van der Waals surface area contributed by atoms with E-state index in [9.17, 15) is 0 Å². The van der Waals surface area contributed by atoms with Crippen LogP contribution in [0, 0.1) is 5.41 Å². The van der Waals surface area contributed by atoms with Gasteiger partial charge in [0.1, 0.15) is 5.76 Å². The van der Waals surface area contributed by atoms with Crippen molar-refractivity contribution in [2.45, 2.75) is 32.6 Å². The van der Waals surface area contributed by atoms with Crippen LogP contribution in [0.3, 0.4) is 0 Å². The maximum atomic E-state index is 5.81. The topological polar surface area (TPSA) is 39.2 Å². The van der Waals surface area contributed by atoms with Crippen LogP contribution in [-0.4, -0.2) is 6.54 Å². The molecule has 1 aliphatic carbocycles. The van der Waals surface area contributed by atoms with Crippen molar-refractivity contribution in [2.75, 3.05) is 6.54 Å². The van der Waals surface area contributed by atoms with Gasteiger partial charge in [0.05, 0.1) is 6.26 Å². The van der Waals surface area contributed by atoms with E-state index in [1.165, 1.54) is 12.0 Å². The molecule has 1 aromatic rings. The average Bonchev–Trinajstić information content (AvgIpc) is 2.50. The fourth-order valence-electron chi connectivity index (χ4n) is 2.34. The molecule has 13 heavy (non-hydrogen) atoms. The highest BCUT2D eigenvalue weighted by atomic mass is 16.3. The lowest BCUT2D eigenvalue weighted by atomic mass is 9.68. The number of aryl methyl sites for hydroxylation is 1. The lowest BCUT2D eigenvalue weighted by molar-refractivity contribution is 0.236. The van der Waals surface area contributed by atoms with Crippen LogP contribution in [0.1, 0.15) is 37.5 Å². The van der Waals surface area contributed by atoms with Gasteiger partial charge in [-0.05, 0) is 30.0 Å². The van der Waals surface area contributed by atoms with Crippen molar-refractivity contribution in [1.29, 1.82) is 0 Å². The van der Waals surface area contributed by atoms with Crippen LogP contribution in [-0.2, 0) is 6.42 Å². The van der Waals surface area contributed by atoms with Crippen molar-refractivity contribution >= 4 is 0 Å². The molecule has 0 amide bonds. The molecular formula is C11H17NO. The van der Waals surface area contributed by atoms with Gasteiger partial charge in [0.15, 0.2) is 0 Å². The average molecular weight is 179 g/mol. The Bertz CT molecular complexity index is 301. The van der Waals surface area contributed by atoms with Crippen LogP contribution in [0.5, 0.6) is 0 Å². The number of rotatable bonds is 1. The van der Waals surface area contributed by atoms with Gasteiger partial charge in [-0.1, -0.05) is 13.8 Å². The highest BCUT2D eigenvalue weighted by Crippen LogP contribution is 2.44. The Morgan fingerprint density at radius 1 is 1.62 bits per heavy atom. The number of fused-ring (bicyclic) bond motifs is 1. The van der Waals surface area contributed by atoms with Gasteiger partial charge in [-0.25, -0.2) is 0 Å². The van der Waals surface area contributed by atoms with Crippen LogP contribution >= 0.6 is 0 Å². The molecule has 0 spiro atoms. The predicted octanol–water partition coefficient (Wildman–Crippen LogP) is 2.29. The first-order valence-electron chi connectivity index (χ1n) is 4.91. The normalized spacial score (nSPS) is 25.6. The zero-order chi connectivity index (χ0) is 9.47. The summed E-state index contributed by atoms with van der Waals surface area (Å²) < 4.78 is 5.43. The van der Waals surface area contributed by atoms with E-state index < -0.39 is 0 Å². The molecule has 0 saturated heterocycles. The van der Waals surface area contributed by atoms with E-state index in [0.29, 0.717) is 11.3 Å². The summed E-state index contributed by atoms with van der Waals surface area (Å²) in [5.41, 5.74) is 7.47. The van der Waals surface area contributed by atoms with E-state index in [1.54, 1.807) is 6.26 Å². The van der Waals surface area contributed by atoms with E-state index in [-0.39, 0.29) is 0 Å². The van der Waals surface area contributed by atoms with Crippen LogP contribution in [0.2, 0.25) is 0 Å². The van der Waals surface area contributed by atoms with Crippen LogP contribution < -0.4 is 5.73 Å². The third-order valence-electron chi connectivity index (χ3n) is 3.33. The molecule has 2 heteroatoms. The first-order chi connectivity index (χ1) is 6.15. The minimum atomic E-state index is 0.325. The highest BCUT2D eigenvalue weighted by Gasteiger charge is 2.36. The van der Waals surface area contributed by atoms with Gasteiger partial charge >= 0.3 is 0 Å². The molecule has 0 radical (unpaired) electrons. The van der Waals surface area contributed by atoms with Gasteiger partial charge in [0.25, 0.3) is 0 Å². The van der Waals surface area contributed by atoms with E-state index in [0.717, 1.165) is 18.7 Å². The highest BCUT2D eigenvalue weighted by molar-refractivity contribution is 5.28. The van der Waals surface area contributed by atoms with Crippen molar-refractivity contribution in [3.63, 3.8) is 0 Å². The zero-order valence-electron chi connectivity index (χ0n) is 8.34. The molecule has 0 aromatic carbocycles. The number of hydrogen-bond acceptors (Lipinski definition) is 2. The molecule has 1 aliphatic rings. The van der Waals surface area contributed by atoms with Crippen molar-refractivity contribution in [3.05, 3.63) is 23.7 Å². The van der Waals surface area contributed by atoms with E-state index in [1.807, 2.05) is 0 Å². The molecule has 0 fully saturated rings. The molecule has 1 unspecified atom stereocenters. The Balaban J connectivity index is 2.41. The fourth-order valence-corrected chi connectivity index (χ4v) is 2.34. The third kappa shape index (κ3) is 1.29. The zero-order valence-corrected chi connectivity index (χ0v) is 8.34. The summed E-state index contributed by atoms with van der Waals surface area (Å²) >= 11 is 0. The molecule has 2 rings (SSSR count). The summed E-state index contributed by atoms with van der Waals surface area (Å²) in [4.78, 5) is 0. The first kappa shape index (κ1) is 8.82. The summed E-state index contributed by atoms with van der Waals surface area (Å²) in [7, 11) is 0. The summed E-state index contributed by atoms with van der Waals surface area (Å²) in [6.07, 6.45) is 4.02. The third-order valence-corrected chi connectivity index (χ3v) is 3.33. The van der Waals surface area contributed by atoms with Gasteiger partial charge in [0.2, 0.25) is 0 Å². The summed E-state index contributed by atoms with van der Waals surface area (Å²) in [5.74, 6) is 1.62. The number of hydrogen-bond donors (Lipinski definition) is 1. The number of nitrogens with two attached hydrogens (primary N) is 1. The molecule has 1 heterocycles. The Hall–Kier alpha value is -0.760. The maximum Gasteiger partial charge on any atom is 0.107 e. The minimum absolute atomic E-state index is 0.325. The molecule has 0 saturated carbocycles. The van der Waals surface area contributed by atoms with Gasteiger partial charge in [-0.15, -0.1) is 0 Å². The second-order valence-electron chi connectivity index (χ2n) is 4.58. The molecule has 0 bridgehead atoms. The van der Waals surface area contributed by atoms with Crippen molar-refractivity contribution in [1.82, 2.24) is 0 Å². The monoisotopic (exact) mass is 179 g/mol. The minimum Gasteiger partial charge on any atom is -0.469 e. The Labute approximate surface area is 79.1 Å². The number of furan rings is 1. The van der Waals surface area contributed by atoms with E-state index >= 15 is 0 Å². The van der Waals surface area contributed by atoms with Crippen LogP contribution in [0.4, 0.5) is 0 Å². The largest absolute Gasteiger partial charge is 0.469 e. The smallest absolute Gasteiger partial charge is 0.107 e. The molecule has 72 valence electrons. The SMILES string of the molecule is CC1(C)CCc2occc2C1CN. The van der Waals surface area contributed by atoms with Crippen LogP contribution in [0.15, 0.2) is 16.7 Å². The second-order valence-corrected chi connectivity index (χ2v) is 4.58. The molecule has 1 aromatic heterocycles. The first-order valence-corrected chi connectivity index (χ1v) is 4.91. The maximum absolute atomic E-state index is 5.81. The lowest BCUT2D eigenvalue weighted by Gasteiger charge is -2.37. The van der Waals surface area contributed by atoms with Gasteiger partial charge in [-0.3, -0.25) is 0 Å². The van der Waals surface area contributed by atoms with Crippen molar-refractivity contribution < 1.29 is 4.42 Å². The molecule has 2 nitrogen and oxygen atoms in total. The second kappa shape index (κ2) is 2.88. The van der Waals surface area contributed by atoms with Gasteiger partial charge in [0, 0.05) is 12.3 Å². The fraction of sp³-hybridized carbons (Fsp3) is 0.636. The van der Waals surface area contributed by atoms with Gasteiger partial charge in [-0.2, -0.15) is 0 Å². The summed E-state index contributed by atoms with van der Waals surface area (Å²) in [6.45, 7) is 5.31. The lowest BCUT2D eigenvalue weighted by Crippen LogP contribution is -2.32. The quantitative estimate of drug-likeness (QED) is 0.718. The Morgan fingerprint density at radius 3 is 3.08 bits per heavy atom. The van der Waals surface area contributed by atoms with E-state index in [2.05, 4.69) is 19.9 Å². The predicted molar refractivity (Wildman–Crippen MR) is 52.6 cm³/mol. The van der Waals surface area contributed by atoms with Crippen molar-refractivity contribution in [3.8, 4) is 0 Å². The molecule has 1 atom stereocenters. The van der Waals surface area contributed by atoms with Gasteiger partial charge < -0.3 is 10.2 Å². The summed E-state index contributed by atoms with van der Waals surface area (Å²) in [5, 5.41) is 0.